The van der Waals surface area contributed by atoms with Crippen LogP contribution >= 0.6 is 0 Å². The first kappa shape index (κ1) is 11.6. The minimum Gasteiger partial charge on any atom is -0.463 e. The predicted molar refractivity (Wildman–Crippen MR) is 50.8 cm³/mol. The van der Waals surface area contributed by atoms with Crippen LogP contribution in [0.3, 0.4) is 0 Å². The quantitative estimate of drug-likeness (QED) is 0.524. The Morgan fingerprint density at radius 1 is 1.73 bits per heavy atom. The van der Waals surface area contributed by atoms with E-state index in [9.17, 15) is 9.59 Å². The standard InChI is InChI=1S/C10H12O5/c1-3-14-10(13)6(2)9-7(11)4-5-8(12)15-9/h4-5,8-9,12H,2-3H2,1H3/t8-,9+/m1/s1. The van der Waals surface area contributed by atoms with Crippen molar-refractivity contribution < 1.29 is 24.2 Å². The van der Waals surface area contributed by atoms with Crippen molar-refractivity contribution in [2.45, 2.75) is 19.3 Å². The van der Waals surface area contributed by atoms with E-state index in [2.05, 4.69) is 11.3 Å². The maximum Gasteiger partial charge on any atom is 0.336 e. The predicted octanol–water partition coefficient (Wildman–Crippen LogP) is -0.0518. The van der Waals surface area contributed by atoms with Crippen molar-refractivity contribution in [1.82, 2.24) is 0 Å². The number of rotatable bonds is 3. The van der Waals surface area contributed by atoms with Gasteiger partial charge < -0.3 is 14.6 Å². The second-order valence-corrected chi connectivity index (χ2v) is 2.91. The van der Waals surface area contributed by atoms with Crippen LogP contribution in [0.1, 0.15) is 6.92 Å². The molecule has 2 atom stereocenters. The van der Waals surface area contributed by atoms with E-state index in [-0.39, 0.29) is 12.2 Å². The molecule has 5 heteroatoms. The molecule has 1 aliphatic rings. The summed E-state index contributed by atoms with van der Waals surface area (Å²) in [6.07, 6.45) is 0.00321. The Morgan fingerprint density at radius 3 is 3.00 bits per heavy atom. The molecule has 1 rings (SSSR count). The van der Waals surface area contributed by atoms with Gasteiger partial charge in [0.2, 0.25) is 0 Å². The van der Waals surface area contributed by atoms with Crippen molar-refractivity contribution in [2.75, 3.05) is 6.61 Å². The largest absolute Gasteiger partial charge is 0.463 e. The molecule has 0 radical (unpaired) electrons. The fourth-order valence-electron chi connectivity index (χ4n) is 1.10. The number of hydrogen-bond acceptors (Lipinski definition) is 5. The number of ketones is 1. The van der Waals surface area contributed by atoms with Crippen molar-refractivity contribution >= 4 is 11.8 Å². The van der Waals surface area contributed by atoms with Gasteiger partial charge in [-0.25, -0.2) is 4.79 Å². The Hall–Kier alpha value is -1.46. The van der Waals surface area contributed by atoms with Crippen LogP contribution in [0, 0.1) is 0 Å². The van der Waals surface area contributed by atoms with Crippen molar-refractivity contribution in [1.29, 1.82) is 0 Å². The van der Waals surface area contributed by atoms with Crippen LogP contribution in [0.25, 0.3) is 0 Å². The van der Waals surface area contributed by atoms with E-state index in [1.807, 2.05) is 0 Å². The van der Waals surface area contributed by atoms with Gasteiger partial charge >= 0.3 is 5.97 Å². The first-order chi connectivity index (χ1) is 7.06. The van der Waals surface area contributed by atoms with Crippen LogP contribution in [-0.2, 0) is 19.1 Å². The highest BCUT2D eigenvalue weighted by Gasteiger charge is 2.30. The minimum atomic E-state index is -1.20. The van der Waals surface area contributed by atoms with E-state index >= 15 is 0 Å². The summed E-state index contributed by atoms with van der Waals surface area (Å²) in [7, 11) is 0. The van der Waals surface area contributed by atoms with Gasteiger partial charge in [-0.2, -0.15) is 0 Å². The fourth-order valence-corrected chi connectivity index (χ4v) is 1.10. The summed E-state index contributed by atoms with van der Waals surface area (Å²) >= 11 is 0. The molecule has 0 aromatic rings. The molecule has 0 unspecified atom stereocenters. The molecule has 1 heterocycles. The average molecular weight is 212 g/mol. The summed E-state index contributed by atoms with van der Waals surface area (Å²) in [5, 5.41) is 9.10. The molecule has 0 fully saturated rings. The topological polar surface area (TPSA) is 72.8 Å². The molecule has 0 aromatic heterocycles. The summed E-state index contributed by atoms with van der Waals surface area (Å²) < 4.78 is 9.51. The molecule has 0 amide bonds. The Bertz CT molecular complexity index is 318. The Kier molecular flexibility index (Phi) is 3.76. The molecule has 15 heavy (non-hydrogen) atoms. The molecule has 1 aliphatic heterocycles. The molecule has 0 saturated heterocycles. The Morgan fingerprint density at radius 2 is 2.40 bits per heavy atom. The lowest BCUT2D eigenvalue weighted by Gasteiger charge is -2.22. The Labute approximate surface area is 87.0 Å². The van der Waals surface area contributed by atoms with E-state index in [4.69, 9.17) is 9.84 Å². The Balaban J connectivity index is 2.71. The lowest BCUT2D eigenvalue weighted by molar-refractivity contribution is -0.151. The summed E-state index contributed by atoms with van der Waals surface area (Å²) in [5.41, 5.74) is -0.106. The monoisotopic (exact) mass is 212 g/mol. The van der Waals surface area contributed by atoms with Gasteiger partial charge in [0.1, 0.15) is 0 Å². The van der Waals surface area contributed by atoms with E-state index in [0.29, 0.717) is 0 Å². The summed E-state index contributed by atoms with van der Waals surface area (Å²) in [6.45, 7) is 5.25. The normalized spacial score (nSPS) is 25.1. The van der Waals surface area contributed by atoms with Gasteiger partial charge in [0.15, 0.2) is 18.2 Å². The van der Waals surface area contributed by atoms with Gasteiger partial charge in [-0.1, -0.05) is 6.58 Å². The highest BCUT2D eigenvalue weighted by atomic mass is 16.6. The van der Waals surface area contributed by atoms with Gasteiger partial charge in [0, 0.05) is 0 Å². The zero-order valence-electron chi connectivity index (χ0n) is 8.30. The molecule has 1 N–H and O–H groups in total. The maximum absolute atomic E-state index is 11.3. The zero-order chi connectivity index (χ0) is 11.4. The summed E-state index contributed by atoms with van der Waals surface area (Å²) in [5.74, 6) is -1.13. The lowest BCUT2D eigenvalue weighted by atomic mass is 10.1. The van der Waals surface area contributed by atoms with Crippen molar-refractivity contribution in [3.63, 3.8) is 0 Å². The third-order valence-electron chi connectivity index (χ3n) is 1.81. The first-order valence-electron chi connectivity index (χ1n) is 4.47. The molecule has 0 saturated carbocycles. The first-order valence-corrected chi connectivity index (χ1v) is 4.47. The number of carbonyl (C=O) groups is 2. The van der Waals surface area contributed by atoms with Crippen molar-refractivity contribution in [3.05, 3.63) is 24.3 Å². The number of carbonyl (C=O) groups excluding carboxylic acids is 2. The second kappa shape index (κ2) is 4.86. The zero-order valence-corrected chi connectivity index (χ0v) is 8.30. The molecule has 82 valence electrons. The molecule has 5 nitrogen and oxygen atoms in total. The molecule has 0 aromatic carbocycles. The number of ether oxygens (including phenoxy) is 2. The average Bonchev–Trinajstić information content (AvgIpc) is 2.21. The van der Waals surface area contributed by atoms with Gasteiger partial charge in [0.25, 0.3) is 0 Å². The number of aliphatic hydroxyl groups is 1. The molecule has 0 aliphatic carbocycles. The van der Waals surface area contributed by atoms with Crippen molar-refractivity contribution in [2.24, 2.45) is 0 Å². The van der Waals surface area contributed by atoms with E-state index in [0.717, 1.165) is 6.08 Å². The van der Waals surface area contributed by atoms with Crippen LogP contribution in [0.5, 0.6) is 0 Å². The number of hydrogen-bond donors (Lipinski definition) is 1. The van der Waals surface area contributed by atoms with Crippen LogP contribution in [0.2, 0.25) is 0 Å². The van der Waals surface area contributed by atoms with Crippen LogP contribution < -0.4 is 0 Å². The van der Waals surface area contributed by atoms with Gasteiger partial charge in [0.05, 0.1) is 12.2 Å². The van der Waals surface area contributed by atoms with Crippen LogP contribution in [-0.4, -0.2) is 35.9 Å². The smallest absolute Gasteiger partial charge is 0.336 e. The molecule has 0 bridgehead atoms. The second-order valence-electron chi connectivity index (χ2n) is 2.91. The maximum atomic E-state index is 11.3. The summed E-state index contributed by atoms with van der Waals surface area (Å²) in [6, 6.07) is 0. The molecule has 0 spiro atoms. The van der Waals surface area contributed by atoms with E-state index < -0.39 is 24.1 Å². The van der Waals surface area contributed by atoms with Crippen LogP contribution in [0.15, 0.2) is 24.3 Å². The minimum absolute atomic E-state index is 0.106. The third-order valence-corrected chi connectivity index (χ3v) is 1.81. The van der Waals surface area contributed by atoms with Gasteiger partial charge in [-0.15, -0.1) is 0 Å². The lowest BCUT2D eigenvalue weighted by Crippen LogP contribution is -2.35. The number of aliphatic hydroxyl groups excluding tert-OH is 1. The van der Waals surface area contributed by atoms with E-state index in [1.54, 1.807) is 6.92 Å². The van der Waals surface area contributed by atoms with E-state index in [1.165, 1.54) is 6.08 Å². The summed E-state index contributed by atoms with van der Waals surface area (Å²) in [4.78, 5) is 22.5. The highest BCUT2D eigenvalue weighted by Crippen LogP contribution is 2.15. The highest BCUT2D eigenvalue weighted by molar-refractivity contribution is 6.04. The molecular weight excluding hydrogens is 200 g/mol. The SMILES string of the molecule is C=C(C(=O)OCC)[C@@H]1O[C@@H](O)C=CC1=O. The van der Waals surface area contributed by atoms with Gasteiger partial charge in [-0.3, -0.25) is 4.79 Å². The van der Waals surface area contributed by atoms with Crippen molar-refractivity contribution in [3.8, 4) is 0 Å². The number of esters is 1. The van der Waals surface area contributed by atoms with Gasteiger partial charge in [-0.05, 0) is 19.1 Å². The fraction of sp³-hybridized carbons (Fsp3) is 0.400. The third kappa shape index (κ3) is 2.74. The van der Waals surface area contributed by atoms with Crippen LogP contribution in [0.4, 0.5) is 0 Å². The molecular formula is C10H12O5.